The molecule has 4 nitrogen and oxygen atoms in total. The van der Waals surface area contributed by atoms with E-state index < -0.39 is 12.6 Å². The summed E-state index contributed by atoms with van der Waals surface area (Å²) in [4.78, 5) is 9.32. The number of nitrogens with two attached hydrogens (primary N) is 1. The third kappa shape index (κ3) is 3.65. The molecule has 0 amide bonds. The Hall–Kier alpha value is -1.37. The fraction of sp³-hybridized carbons (Fsp3) is 0.556. The molecule has 0 unspecified atom stereocenters. The summed E-state index contributed by atoms with van der Waals surface area (Å²) in [6.07, 6.45) is -2.16. The summed E-state index contributed by atoms with van der Waals surface area (Å²) in [6, 6.07) is 0. The van der Waals surface area contributed by atoms with E-state index in [9.17, 15) is 13.2 Å². The summed E-state index contributed by atoms with van der Waals surface area (Å²) in [7, 11) is 1.54. The molecular weight excluding hydrogens is 221 g/mol. The van der Waals surface area contributed by atoms with Crippen molar-refractivity contribution in [2.24, 2.45) is 5.73 Å². The van der Waals surface area contributed by atoms with Gasteiger partial charge in [-0.25, -0.2) is 4.98 Å². The zero-order valence-electron chi connectivity index (χ0n) is 8.83. The van der Waals surface area contributed by atoms with Gasteiger partial charge < -0.3 is 10.6 Å². The second-order valence-corrected chi connectivity index (χ2v) is 3.32. The Labute approximate surface area is 91.3 Å². The first kappa shape index (κ1) is 12.7. The van der Waals surface area contributed by atoms with E-state index in [2.05, 4.69) is 9.97 Å². The number of anilines is 1. The quantitative estimate of drug-likeness (QED) is 0.853. The zero-order valence-corrected chi connectivity index (χ0v) is 8.83. The average molecular weight is 234 g/mol. The van der Waals surface area contributed by atoms with Gasteiger partial charge in [0.15, 0.2) is 5.82 Å². The summed E-state index contributed by atoms with van der Waals surface area (Å²) in [5.74, 6) is 0.397. The Morgan fingerprint density at radius 2 is 1.94 bits per heavy atom. The summed E-state index contributed by atoms with van der Waals surface area (Å²) in [5.41, 5.74) is 5.91. The van der Waals surface area contributed by atoms with Crippen LogP contribution in [0.1, 0.15) is 12.1 Å². The van der Waals surface area contributed by atoms with Crippen LogP contribution >= 0.6 is 0 Å². The van der Waals surface area contributed by atoms with E-state index in [0.29, 0.717) is 11.5 Å². The highest BCUT2D eigenvalue weighted by atomic mass is 19.4. The summed E-state index contributed by atoms with van der Waals surface area (Å²) in [6.45, 7) is -0.00523. The first-order valence-corrected chi connectivity index (χ1v) is 4.72. The lowest BCUT2D eigenvalue weighted by atomic mass is 10.3. The lowest BCUT2D eigenvalue weighted by Gasteiger charge is -2.20. The lowest BCUT2D eigenvalue weighted by Crippen LogP contribution is -2.26. The van der Waals surface area contributed by atoms with Crippen molar-refractivity contribution in [3.05, 3.63) is 18.1 Å². The van der Waals surface area contributed by atoms with Gasteiger partial charge in [-0.3, -0.25) is 4.98 Å². The van der Waals surface area contributed by atoms with Crippen LogP contribution in [0.5, 0.6) is 0 Å². The third-order valence-electron chi connectivity index (χ3n) is 2.04. The molecule has 0 spiro atoms. The number of rotatable bonds is 4. The molecule has 0 aliphatic carbocycles. The second kappa shape index (κ2) is 5.11. The molecule has 90 valence electrons. The van der Waals surface area contributed by atoms with Gasteiger partial charge in [0.2, 0.25) is 0 Å². The number of hydrogen-bond donors (Lipinski definition) is 1. The van der Waals surface area contributed by atoms with E-state index in [-0.39, 0.29) is 13.1 Å². The summed E-state index contributed by atoms with van der Waals surface area (Å²) >= 11 is 0. The number of aromatic nitrogens is 2. The largest absolute Gasteiger partial charge is 0.390 e. The maximum absolute atomic E-state index is 12.0. The highest BCUT2D eigenvalue weighted by Crippen LogP contribution is 2.21. The lowest BCUT2D eigenvalue weighted by molar-refractivity contribution is -0.132. The van der Waals surface area contributed by atoms with Gasteiger partial charge in [0.05, 0.1) is 12.1 Å². The molecule has 0 saturated carbocycles. The summed E-state index contributed by atoms with van der Waals surface area (Å²) in [5, 5.41) is 0. The van der Waals surface area contributed by atoms with Crippen molar-refractivity contribution >= 4 is 5.82 Å². The van der Waals surface area contributed by atoms with Crippen LogP contribution in [0.25, 0.3) is 0 Å². The second-order valence-electron chi connectivity index (χ2n) is 3.32. The van der Waals surface area contributed by atoms with Crippen molar-refractivity contribution < 1.29 is 13.2 Å². The predicted octanol–water partition coefficient (Wildman–Crippen LogP) is 1.32. The highest BCUT2D eigenvalue weighted by molar-refractivity contribution is 5.41. The molecule has 0 aliphatic rings. The van der Waals surface area contributed by atoms with E-state index in [4.69, 9.17) is 5.73 Å². The van der Waals surface area contributed by atoms with Gasteiger partial charge in [-0.05, 0) is 0 Å². The van der Waals surface area contributed by atoms with Crippen molar-refractivity contribution in [1.82, 2.24) is 9.97 Å². The highest BCUT2D eigenvalue weighted by Gasteiger charge is 2.27. The van der Waals surface area contributed by atoms with Crippen LogP contribution in [-0.2, 0) is 6.54 Å². The normalized spacial score (nSPS) is 11.6. The van der Waals surface area contributed by atoms with Crippen LogP contribution in [0.15, 0.2) is 12.4 Å². The molecule has 0 bridgehead atoms. The Morgan fingerprint density at radius 1 is 1.31 bits per heavy atom. The molecule has 1 heterocycles. The number of nitrogens with zero attached hydrogens (tertiary/aromatic N) is 3. The maximum Gasteiger partial charge on any atom is 0.390 e. The number of hydrogen-bond acceptors (Lipinski definition) is 4. The van der Waals surface area contributed by atoms with E-state index >= 15 is 0 Å². The molecule has 7 heteroatoms. The van der Waals surface area contributed by atoms with Crippen molar-refractivity contribution in [2.45, 2.75) is 19.1 Å². The first-order chi connectivity index (χ1) is 7.44. The molecule has 1 aromatic heterocycles. The zero-order chi connectivity index (χ0) is 12.2. The third-order valence-corrected chi connectivity index (χ3v) is 2.04. The topological polar surface area (TPSA) is 55.0 Å². The van der Waals surface area contributed by atoms with Crippen LogP contribution in [-0.4, -0.2) is 29.7 Å². The Bertz CT molecular complexity index is 340. The smallest absolute Gasteiger partial charge is 0.358 e. The van der Waals surface area contributed by atoms with E-state index in [0.717, 1.165) is 0 Å². The SMILES string of the molecule is CN(CCC(F)(F)F)c1nccnc1CN. The molecule has 0 aliphatic heterocycles. The molecule has 2 N–H and O–H groups in total. The first-order valence-electron chi connectivity index (χ1n) is 4.72. The minimum absolute atomic E-state index is 0.152. The van der Waals surface area contributed by atoms with Crippen LogP contribution in [0, 0.1) is 0 Å². The van der Waals surface area contributed by atoms with Gasteiger partial charge in [0.1, 0.15) is 0 Å². The van der Waals surface area contributed by atoms with Crippen LogP contribution < -0.4 is 10.6 Å². The Morgan fingerprint density at radius 3 is 2.50 bits per heavy atom. The average Bonchev–Trinajstić information content (AvgIpc) is 2.25. The standard InChI is InChI=1S/C9H13F3N4/c1-16(5-2-9(10,11)12)8-7(6-13)14-3-4-15-8/h3-4H,2,5-6,13H2,1H3. The van der Waals surface area contributed by atoms with Crippen molar-refractivity contribution in [3.8, 4) is 0 Å². The van der Waals surface area contributed by atoms with Gasteiger partial charge in [-0.1, -0.05) is 0 Å². The molecule has 1 aromatic rings. The van der Waals surface area contributed by atoms with E-state index in [1.165, 1.54) is 24.3 Å². The van der Waals surface area contributed by atoms with Crippen LogP contribution in [0.4, 0.5) is 19.0 Å². The van der Waals surface area contributed by atoms with Gasteiger partial charge in [-0.2, -0.15) is 13.2 Å². The van der Waals surface area contributed by atoms with Gasteiger partial charge in [0, 0.05) is 32.5 Å². The van der Waals surface area contributed by atoms with Crippen LogP contribution in [0.3, 0.4) is 0 Å². The Kier molecular flexibility index (Phi) is 4.05. The maximum atomic E-state index is 12.0. The molecule has 1 rings (SSSR count). The van der Waals surface area contributed by atoms with Crippen LogP contribution in [0.2, 0.25) is 0 Å². The van der Waals surface area contributed by atoms with Gasteiger partial charge >= 0.3 is 6.18 Å². The molecule has 0 fully saturated rings. The van der Waals surface area contributed by atoms with Crippen molar-refractivity contribution in [3.63, 3.8) is 0 Å². The minimum atomic E-state index is -4.17. The van der Waals surface area contributed by atoms with Crippen molar-refractivity contribution in [1.29, 1.82) is 0 Å². The minimum Gasteiger partial charge on any atom is -0.358 e. The Balaban J connectivity index is 2.69. The predicted molar refractivity (Wildman–Crippen MR) is 53.9 cm³/mol. The molecule has 16 heavy (non-hydrogen) atoms. The summed E-state index contributed by atoms with van der Waals surface area (Å²) < 4.78 is 36.1. The van der Waals surface area contributed by atoms with E-state index in [1.54, 1.807) is 0 Å². The fourth-order valence-electron chi connectivity index (χ4n) is 1.22. The van der Waals surface area contributed by atoms with Gasteiger partial charge in [-0.15, -0.1) is 0 Å². The number of alkyl halides is 3. The molecule has 0 radical (unpaired) electrons. The number of halogens is 3. The molecule has 0 atom stereocenters. The van der Waals surface area contributed by atoms with Crippen molar-refractivity contribution in [2.75, 3.05) is 18.5 Å². The van der Waals surface area contributed by atoms with E-state index in [1.807, 2.05) is 0 Å². The molecule has 0 aromatic carbocycles. The molecular formula is C9H13F3N4. The van der Waals surface area contributed by atoms with Gasteiger partial charge in [0.25, 0.3) is 0 Å². The monoisotopic (exact) mass is 234 g/mol. The molecule has 0 saturated heterocycles. The fourth-order valence-corrected chi connectivity index (χ4v) is 1.22.